The Labute approximate surface area is 161 Å². The van der Waals surface area contributed by atoms with Crippen LogP contribution in [0.5, 0.6) is 0 Å². The lowest BCUT2D eigenvalue weighted by atomic mass is 9.96. The molecular formula is C22H26N2O2S. The zero-order valence-electron chi connectivity index (χ0n) is 15.9. The second-order valence-corrected chi connectivity index (χ2v) is 9.52. The largest absolute Gasteiger partial charge is 0.358 e. The highest BCUT2D eigenvalue weighted by molar-refractivity contribution is 7.89. The van der Waals surface area contributed by atoms with Gasteiger partial charge in [-0.15, -0.1) is 0 Å². The van der Waals surface area contributed by atoms with Gasteiger partial charge < -0.3 is 4.98 Å². The number of nitrogens with zero attached hydrogens (tertiary/aromatic N) is 1. The van der Waals surface area contributed by atoms with Gasteiger partial charge in [0.25, 0.3) is 0 Å². The number of aromatic nitrogens is 1. The van der Waals surface area contributed by atoms with Crippen molar-refractivity contribution in [3.05, 3.63) is 65.4 Å². The lowest BCUT2D eigenvalue weighted by Crippen LogP contribution is -2.36. The average Bonchev–Trinajstić information content (AvgIpc) is 3.04. The maximum absolute atomic E-state index is 13.4. The van der Waals surface area contributed by atoms with E-state index in [0.29, 0.717) is 11.4 Å². The van der Waals surface area contributed by atoms with Gasteiger partial charge in [0.1, 0.15) is 0 Å². The first-order chi connectivity index (χ1) is 13.0. The Hall–Kier alpha value is -2.11. The van der Waals surface area contributed by atoms with Gasteiger partial charge in [0.2, 0.25) is 10.0 Å². The molecule has 0 saturated heterocycles. The molecule has 1 aliphatic rings. The van der Waals surface area contributed by atoms with E-state index in [-0.39, 0.29) is 6.04 Å². The minimum absolute atomic E-state index is 0.119. The second kappa shape index (κ2) is 7.13. The normalized spacial score (nSPS) is 14.8. The van der Waals surface area contributed by atoms with Crippen molar-refractivity contribution < 1.29 is 8.42 Å². The first kappa shape index (κ1) is 18.3. The SMILES string of the molecule is CC(C)N(Cc1ccccc1)S(=O)(=O)c1ccc2[nH]c3c(c2c1)CCCC3. The number of hydrogen-bond donors (Lipinski definition) is 1. The molecule has 0 aliphatic heterocycles. The van der Waals surface area contributed by atoms with Crippen LogP contribution in [0.1, 0.15) is 43.5 Å². The Kier molecular flexibility index (Phi) is 4.82. The van der Waals surface area contributed by atoms with Gasteiger partial charge in [-0.1, -0.05) is 30.3 Å². The summed E-state index contributed by atoms with van der Waals surface area (Å²) in [7, 11) is -3.57. The molecule has 1 aromatic heterocycles. The van der Waals surface area contributed by atoms with Crippen molar-refractivity contribution in [2.45, 2.75) is 57.0 Å². The summed E-state index contributed by atoms with van der Waals surface area (Å²) in [6, 6.07) is 15.2. The molecule has 0 atom stereocenters. The zero-order chi connectivity index (χ0) is 19.0. The quantitative estimate of drug-likeness (QED) is 0.698. The lowest BCUT2D eigenvalue weighted by Gasteiger charge is -2.26. The van der Waals surface area contributed by atoms with Crippen LogP contribution in [-0.4, -0.2) is 23.7 Å². The number of nitrogens with one attached hydrogen (secondary N) is 1. The monoisotopic (exact) mass is 382 g/mol. The zero-order valence-corrected chi connectivity index (χ0v) is 16.7. The van der Waals surface area contributed by atoms with E-state index < -0.39 is 10.0 Å². The summed E-state index contributed by atoms with van der Waals surface area (Å²) < 4.78 is 28.4. The van der Waals surface area contributed by atoms with Crippen molar-refractivity contribution >= 4 is 20.9 Å². The van der Waals surface area contributed by atoms with E-state index in [1.165, 1.54) is 24.1 Å². The smallest absolute Gasteiger partial charge is 0.243 e. The third kappa shape index (κ3) is 3.42. The molecule has 3 aromatic rings. The summed E-state index contributed by atoms with van der Waals surface area (Å²) in [4.78, 5) is 3.86. The molecule has 0 fully saturated rings. The summed E-state index contributed by atoms with van der Waals surface area (Å²) in [5.41, 5.74) is 4.61. The third-order valence-electron chi connectivity index (χ3n) is 5.43. The molecule has 0 bridgehead atoms. The standard InChI is InChI=1S/C22H26N2O2S/c1-16(2)24(15-17-8-4-3-5-9-17)27(25,26)18-12-13-22-20(14-18)19-10-6-7-11-21(19)23-22/h3-5,8-9,12-14,16,23H,6-7,10-11,15H2,1-2H3. The third-order valence-corrected chi connectivity index (χ3v) is 7.45. The Morgan fingerprint density at radius 1 is 1.04 bits per heavy atom. The predicted molar refractivity (Wildman–Crippen MR) is 109 cm³/mol. The van der Waals surface area contributed by atoms with E-state index >= 15 is 0 Å². The number of hydrogen-bond acceptors (Lipinski definition) is 2. The number of H-pyrrole nitrogens is 1. The van der Waals surface area contributed by atoms with E-state index in [4.69, 9.17) is 0 Å². The predicted octanol–water partition coefficient (Wildman–Crippen LogP) is 4.65. The Balaban J connectivity index is 1.75. The lowest BCUT2D eigenvalue weighted by molar-refractivity contribution is 0.348. The molecule has 0 unspecified atom stereocenters. The molecule has 1 aliphatic carbocycles. The van der Waals surface area contributed by atoms with Crippen molar-refractivity contribution in [1.29, 1.82) is 0 Å². The minimum atomic E-state index is -3.57. The van der Waals surface area contributed by atoms with Gasteiger partial charge in [-0.05, 0) is 68.9 Å². The molecule has 0 radical (unpaired) electrons. The Morgan fingerprint density at radius 2 is 1.78 bits per heavy atom. The van der Waals surface area contributed by atoms with Gasteiger partial charge in [0, 0.05) is 29.2 Å². The van der Waals surface area contributed by atoms with Crippen LogP contribution in [-0.2, 0) is 29.4 Å². The van der Waals surface area contributed by atoms with Gasteiger partial charge in [-0.3, -0.25) is 0 Å². The van der Waals surface area contributed by atoms with Crippen molar-refractivity contribution in [2.24, 2.45) is 0 Å². The summed E-state index contributed by atoms with van der Waals surface area (Å²) in [5.74, 6) is 0. The van der Waals surface area contributed by atoms with Crippen molar-refractivity contribution in [3.8, 4) is 0 Å². The maximum Gasteiger partial charge on any atom is 0.243 e. The summed E-state index contributed by atoms with van der Waals surface area (Å²) in [6.07, 6.45) is 4.45. The van der Waals surface area contributed by atoms with Gasteiger partial charge in [-0.25, -0.2) is 8.42 Å². The topological polar surface area (TPSA) is 53.2 Å². The highest BCUT2D eigenvalue weighted by Gasteiger charge is 2.28. The number of aryl methyl sites for hydroxylation is 2. The minimum Gasteiger partial charge on any atom is -0.358 e. The summed E-state index contributed by atoms with van der Waals surface area (Å²) in [6.45, 7) is 4.23. The van der Waals surface area contributed by atoms with E-state index in [9.17, 15) is 8.42 Å². The number of sulfonamides is 1. The summed E-state index contributed by atoms with van der Waals surface area (Å²) >= 11 is 0. The van der Waals surface area contributed by atoms with Gasteiger partial charge in [0.05, 0.1) is 4.90 Å². The fraction of sp³-hybridized carbons (Fsp3) is 0.364. The van der Waals surface area contributed by atoms with Gasteiger partial charge >= 0.3 is 0 Å². The molecule has 0 amide bonds. The molecule has 1 N–H and O–H groups in total. The maximum atomic E-state index is 13.4. The van der Waals surface area contributed by atoms with Crippen molar-refractivity contribution in [1.82, 2.24) is 9.29 Å². The van der Waals surface area contributed by atoms with Crippen LogP contribution in [0.15, 0.2) is 53.4 Å². The average molecular weight is 383 g/mol. The molecule has 0 spiro atoms. The molecule has 2 aromatic carbocycles. The van der Waals surface area contributed by atoms with Crippen LogP contribution in [0.25, 0.3) is 10.9 Å². The molecule has 4 rings (SSSR count). The Morgan fingerprint density at radius 3 is 2.52 bits per heavy atom. The number of benzene rings is 2. The first-order valence-electron chi connectivity index (χ1n) is 9.66. The molecule has 27 heavy (non-hydrogen) atoms. The van der Waals surface area contributed by atoms with Crippen molar-refractivity contribution in [2.75, 3.05) is 0 Å². The number of rotatable bonds is 5. The molecule has 4 nitrogen and oxygen atoms in total. The number of aromatic amines is 1. The van der Waals surface area contributed by atoms with E-state index in [1.54, 1.807) is 10.4 Å². The van der Waals surface area contributed by atoms with Crippen LogP contribution in [0.2, 0.25) is 0 Å². The van der Waals surface area contributed by atoms with Crippen LogP contribution in [0.4, 0.5) is 0 Å². The molecule has 0 saturated carbocycles. The molecular weight excluding hydrogens is 356 g/mol. The van der Waals surface area contributed by atoms with Gasteiger partial charge in [0.15, 0.2) is 0 Å². The van der Waals surface area contributed by atoms with Crippen molar-refractivity contribution in [3.63, 3.8) is 0 Å². The van der Waals surface area contributed by atoms with Gasteiger partial charge in [-0.2, -0.15) is 4.31 Å². The fourth-order valence-corrected chi connectivity index (χ4v) is 5.64. The van der Waals surface area contributed by atoms with Crippen LogP contribution in [0, 0.1) is 0 Å². The Bertz CT molecular complexity index is 1050. The highest BCUT2D eigenvalue weighted by Crippen LogP contribution is 2.32. The van der Waals surface area contributed by atoms with E-state index in [0.717, 1.165) is 29.3 Å². The molecule has 142 valence electrons. The summed E-state index contributed by atoms with van der Waals surface area (Å²) in [5, 5.41) is 1.06. The second-order valence-electron chi connectivity index (χ2n) is 7.63. The van der Waals surface area contributed by atoms with E-state index in [1.807, 2.05) is 56.3 Å². The number of fused-ring (bicyclic) bond motifs is 3. The first-order valence-corrected chi connectivity index (χ1v) is 11.1. The molecule has 1 heterocycles. The molecule has 5 heteroatoms. The van der Waals surface area contributed by atoms with E-state index in [2.05, 4.69) is 4.98 Å². The van der Waals surface area contributed by atoms with Crippen LogP contribution in [0.3, 0.4) is 0 Å². The van der Waals surface area contributed by atoms with Crippen LogP contribution < -0.4 is 0 Å². The highest BCUT2D eigenvalue weighted by atomic mass is 32.2. The fourth-order valence-electron chi connectivity index (χ4n) is 3.99. The van der Waals surface area contributed by atoms with Crippen LogP contribution >= 0.6 is 0 Å².